The minimum Gasteiger partial charge on any atom is -0.363 e. The van der Waals surface area contributed by atoms with Crippen LogP contribution in [0.5, 0.6) is 0 Å². The lowest BCUT2D eigenvalue weighted by Gasteiger charge is -2.24. The Morgan fingerprint density at radius 3 is 2.87 bits per heavy atom. The number of morpholine rings is 1. The Bertz CT molecular complexity index is 232. The van der Waals surface area contributed by atoms with Crippen LogP contribution in [-0.4, -0.2) is 50.3 Å². The lowest BCUT2D eigenvalue weighted by molar-refractivity contribution is 0.0650. The quantitative estimate of drug-likeness (QED) is 0.634. The molecule has 0 aromatic rings. The van der Waals surface area contributed by atoms with Crippen LogP contribution in [0.15, 0.2) is 0 Å². The van der Waals surface area contributed by atoms with Crippen molar-refractivity contribution < 1.29 is 4.74 Å². The third-order valence-electron chi connectivity index (χ3n) is 2.94. The van der Waals surface area contributed by atoms with Gasteiger partial charge in [-0.05, 0) is 25.9 Å². The molecule has 3 nitrogen and oxygen atoms in total. The van der Waals surface area contributed by atoms with Gasteiger partial charge in [0, 0.05) is 13.1 Å². The largest absolute Gasteiger partial charge is 0.363 e. The average molecular weight is 208 g/mol. The Balaban J connectivity index is 1.68. The van der Waals surface area contributed by atoms with Gasteiger partial charge in [0.2, 0.25) is 0 Å². The average Bonchev–Trinajstić information content (AvgIpc) is 2.32. The van der Waals surface area contributed by atoms with Crippen molar-refractivity contribution in [2.75, 3.05) is 39.3 Å². The maximum Gasteiger partial charge on any atom is 0.130 e. The van der Waals surface area contributed by atoms with Gasteiger partial charge >= 0.3 is 0 Å². The summed E-state index contributed by atoms with van der Waals surface area (Å²) in [7, 11) is 0. The van der Waals surface area contributed by atoms with E-state index in [1.807, 2.05) is 0 Å². The van der Waals surface area contributed by atoms with Gasteiger partial charge in [0.05, 0.1) is 13.2 Å². The maximum atomic E-state index is 5.51. The molecule has 2 rings (SSSR count). The molecule has 0 saturated carbocycles. The minimum absolute atomic E-state index is 0.114. The van der Waals surface area contributed by atoms with Crippen LogP contribution in [0.25, 0.3) is 0 Å². The molecule has 1 unspecified atom stereocenters. The second kappa shape index (κ2) is 6.12. The molecule has 84 valence electrons. The van der Waals surface area contributed by atoms with Crippen molar-refractivity contribution in [1.29, 1.82) is 0 Å². The summed E-state index contributed by atoms with van der Waals surface area (Å²) in [5.74, 6) is 6.43. The number of nitrogens with one attached hydrogen (secondary N) is 1. The number of ether oxygens (including phenoxy) is 1. The molecule has 0 aliphatic carbocycles. The van der Waals surface area contributed by atoms with Crippen molar-refractivity contribution in [1.82, 2.24) is 10.2 Å². The third kappa shape index (κ3) is 3.83. The molecule has 0 aromatic heterocycles. The second-order valence-corrected chi connectivity index (χ2v) is 4.22. The van der Waals surface area contributed by atoms with Crippen LogP contribution >= 0.6 is 0 Å². The highest BCUT2D eigenvalue weighted by molar-refractivity contribution is 5.08. The van der Waals surface area contributed by atoms with Crippen LogP contribution in [-0.2, 0) is 4.74 Å². The van der Waals surface area contributed by atoms with E-state index in [-0.39, 0.29) is 6.10 Å². The molecule has 2 aliphatic heterocycles. The molecule has 0 amide bonds. The van der Waals surface area contributed by atoms with Gasteiger partial charge in [0.25, 0.3) is 0 Å². The summed E-state index contributed by atoms with van der Waals surface area (Å²) >= 11 is 0. The van der Waals surface area contributed by atoms with Crippen LogP contribution in [0, 0.1) is 11.8 Å². The maximum absolute atomic E-state index is 5.51. The fraction of sp³-hybridized carbons (Fsp3) is 0.833. The van der Waals surface area contributed by atoms with E-state index in [0.717, 1.165) is 26.2 Å². The van der Waals surface area contributed by atoms with Gasteiger partial charge in [-0.3, -0.25) is 4.90 Å². The van der Waals surface area contributed by atoms with Crippen LogP contribution in [0.3, 0.4) is 0 Å². The lowest BCUT2D eigenvalue weighted by atomic mass is 10.1. The van der Waals surface area contributed by atoms with Crippen molar-refractivity contribution in [3.63, 3.8) is 0 Å². The molecule has 0 spiro atoms. The summed E-state index contributed by atoms with van der Waals surface area (Å²) in [6.07, 6.45) is 4.18. The minimum atomic E-state index is 0.114. The van der Waals surface area contributed by atoms with Crippen molar-refractivity contribution in [2.24, 2.45) is 0 Å². The lowest BCUT2D eigenvalue weighted by Crippen LogP contribution is -2.37. The Hall–Kier alpha value is -0.560. The fourth-order valence-corrected chi connectivity index (χ4v) is 2.05. The first kappa shape index (κ1) is 10.9. The molecule has 1 N–H and O–H groups in total. The van der Waals surface area contributed by atoms with E-state index < -0.39 is 0 Å². The first-order valence-corrected chi connectivity index (χ1v) is 5.98. The van der Waals surface area contributed by atoms with Crippen molar-refractivity contribution in [2.45, 2.75) is 25.4 Å². The summed E-state index contributed by atoms with van der Waals surface area (Å²) in [6, 6.07) is 0. The van der Waals surface area contributed by atoms with Crippen LogP contribution < -0.4 is 5.32 Å². The zero-order valence-electron chi connectivity index (χ0n) is 9.30. The van der Waals surface area contributed by atoms with E-state index in [9.17, 15) is 0 Å². The summed E-state index contributed by atoms with van der Waals surface area (Å²) in [5.41, 5.74) is 0. The molecule has 1 atom stereocenters. The number of hydrogen-bond acceptors (Lipinski definition) is 3. The predicted octanol–water partition coefficient (Wildman–Crippen LogP) is 0.464. The second-order valence-electron chi connectivity index (χ2n) is 4.22. The monoisotopic (exact) mass is 208 g/mol. The molecular weight excluding hydrogens is 188 g/mol. The van der Waals surface area contributed by atoms with Gasteiger partial charge in [-0.15, -0.1) is 0 Å². The molecular formula is C12H20N2O. The highest BCUT2D eigenvalue weighted by atomic mass is 16.5. The molecule has 2 fully saturated rings. The topological polar surface area (TPSA) is 24.5 Å². The third-order valence-corrected chi connectivity index (χ3v) is 2.94. The van der Waals surface area contributed by atoms with E-state index in [4.69, 9.17) is 4.74 Å². The zero-order valence-corrected chi connectivity index (χ0v) is 9.30. The number of rotatable bonds is 1. The van der Waals surface area contributed by atoms with Crippen molar-refractivity contribution in [3.8, 4) is 11.8 Å². The van der Waals surface area contributed by atoms with Gasteiger partial charge in [-0.2, -0.15) is 0 Å². The van der Waals surface area contributed by atoms with Gasteiger partial charge in [-0.25, -0.2) is 0 Å². The highest BCUT2D eigenvalue weighted by Gasteiger charge is 2.10. The summed E-state index contributed by atoms with van der Waals surface area (Å²) in [6.45, 7) is 6.00. The molecule has 2 saturated heterocycles. The molecule has 2 aliphatic rings. The predicted molar refractivity (Wildman–Crippen MR) is 60.7 cm³/mol. The van der Waals surface area contributed by atoms with E-state index >= 15 is 0 Å². The summed E-state index contributed by atoms with van der Waals surface area (Å²) in [4.78, 5) is 2.44. The van der Waals surface area contributed by atoms with E-state index in [0.29, 0.717) is 0 Å². The van der Waals surface area contributed by atoms with Crippen LogP contribution in [0.4, 0.5) is 0 Å². The van der Waals surface area contributed by atoms with Gasteiger partial charge in [-0.1, -0.05) is 18.3 Å². The number of hydrogen-bond donors (Lipinski definition) is 1. The van der Waals surface area contributed by atoms with Crippen LogP contribution in [0.2, 0.25) is 0 Å². The molecule has 2 heterocycles. The molecule has 0 radical (unpaired) electrons. The zero-order chi connectivity index (χ0) is 10.3. The smallest absolute Gasteiger partial charge is 0.130 e. The SMILES string of the molecule is C(#CC1CNCCO1)CN1CCCCC1. The molecule has 0 aromatic carbocycles. The number of nitrogens with zero attached hydrogens (tertiary/aromatic N) is 1. The summed E-state index contributed by atoms with van der Waals surface area (Å²) in [5, 5.41) is 3.28. The Morgan fingerprint density at radius 1 is 1.27 bits per heavy atom. The first-order valence-electron chi connectivity index (χ1n) is 5.98. The van der Waals surface area contributed by atoms with E-state index in [1.54, 1.807) is 0 Å². The fourth-order valence-electron chi connectivity index (χ4n) is 2.05. The Labute approximate surface area is 92.2 Å². The Morgan fingerprint density at radius 2 is 2.13 bits per heavy atom. The van der Waals surface area contributed by atoms with Gasteiger partial charge in [0.1, 0.15) is 6.10 Å². The van der Waals surface area contributed by atoms with E-state index in [2.05, 4.69) is 22.1 Å². The highest BCUT2D eigenvalue weighted by Crippen LogP contribution is 2.07. The van der Waals surface area contributed by atoms with E-state index in [1.165, 1.54) is 32.4 Å². The standard InChI is InChI=1S/C12H20N2O/c1-2-7-14(8-3-1)9-4-5-12-11-13-6-10-15-12/h12-13H,1-3,6-11H2. The number of piperidine rings is 1. The summed E-state index contributed by atoms with van der Waals surface area (Å²) < 4.78 is 5.51. The molecule has 3 heteroatoms. The van der Waals surface area contributed by atoms with Crippen LogP contribution in [0.1, 0.15) is 19.3 Å². The van der Waals surface area contributed by atoms with Crippen molar-refractivity contribution in [3.05, 3.63) is 0 Å². The van der Waals surface area contributed by atoms with Gasteiger partial charge < -0.3 is 10.1 Å². The normalized spacial score (nSPS) is 28.1. The Kier molecular flexibility index (Phi) is 4.46. The molecule has 0 bridgehead atoms. The molecule has 15 heavy (non-hydrogen) atoms. The number of likely N-dealkylation sites (tertiary alicyclic amines) is 1. The van der Waals surface area contributed by atoms with Crippen molar-refractivity contribution >= 4 is 0 Å². The van der Waals surface area contributed by atoms with Gasteiger partial charge in [0.15, 0.2) is 0 Å². The first-order chi connectivity index (χ1) is 7.45.